The molecule has 0 bridgehead atoms. The van der Waals surface area contributed by atoms with Crippen molar-refractivity contribution in [2.24, 2.45) is 0 Å². The second-order valence-electron chi connectivity index (χ2n) is 5.96. The second-order valence-corrected chi connectivity index (χ2v) is 6.40. The molecule has 0 spiro atoms. The van der Waals surface area contributed by atoms with Gasteiger partial charge in [-0.1, -0.05) is 11.6 Å². The zero-order chi connectivity index (χ0) is 16.0. The van der Waals surface area contributed by atoms with E-state index in [1.165, 1.54) is 0 Å². The number of hydrogen-bond acceptors (Lipinski definition) is 2. The molecule has 6 heteroatoms. The number of aromatic nitrogens is 3. The molecule has 1 saturated carbocycles. The van der Waals surface area contributed by atoms with Crippen molar-refractivity contribution >= 4 is 22.5 Å². The Labute approximate surface area is 136 Å². The maximum Gasteiger partial charge on any atom is 0.248 e. The molecule has 2 aromatic heterocycles. The summed E-state index contributed by atoms with van der Waals surface area (Å²) in [6.07, 6.45) is 3.64. The van der Waals surface area contributed by atoms with Gasteiger partial charge in [0.2, 0.25) is 5.92 Å². The minimum absolute atomic E-state index is 0.0714. The summed E-state index contributed by atoms with van der Waals surface area (Å²) in [7, 11) is 0. The van der Waals surface area contributed by atoms with E-state index in [4.69, 9.17) is 11.6 Å². The molecule has 0 aliphatic heterocycles. The number of alkyl halides is 2. The van der Waals surface area contributed by atoms with Crippen molar-refractivity contribution in [3.63, 3.8) is 0 Å². The molecule has 0 N–H and O–H groups in total. The first-order valence-electron chi connectivity index (χ1n) is 7.50. The molecule has 2 heterocycles. The monoisotopic (exact) mass is 333 g/mol. The summed E-state index contributed by atoms with van der Waals surface area (Å²) in [6, 6.07) is 9.12. The van der Waals surface area contributed by atoms with Gasteiger partial charge in [0.1, 0.15) is 0 Å². The van der Waals surface area contributed by atoms with Gasteiger partial charge in [0.15, 0.2) is 0 Å². The zero-order valence-corrected chi connectivity index (χ0v) is 13.0. The normalized spacial score (nSPS) is 20.2. The molecule has 3 nitrogen and oxygen atoms in total. The van der Waals surface area contributed by atoms with E-state index in [9.17, 15) is 8.78 Å². The SMILES string of the molecule is FC1(F)CCC(c2nn(-c3ccc(Cl)cc3)c3cnccc23)C1. The van der Waals surface area contributed by atoms with Crippen molar-refractivity contribution in [3.8, 4) is 5.69 Å². The molecule has 1 aromatic carbocycles. The number of halogens is 3. The van der Waals surface area contributed by atoms with Gasteiger partial charge in [0, 0.05) is 35.4 Å². The molecular formula is C17H14ClF2N3. The van der Waals surface area contributed by atoms with E-state index in [0.717, 1.165) is 22.3 Å². The third kappa shape index (κ3) is 2.59. The molecule has 4 rings (SSSR count). The van der Waals surface area contributed by atoms with Gasteiger partial charge in [-0.15, -0.1) is 0 Å². The standard InChI is InChI=1S/C17H14ClF2N3/c18-12-1-3-13(4-2-12)23-15-10-21-8-6-14(15)16(22-23)11-5-7-17(19,20)9-11/h1-4,6,8,10-11H,5,7,9H2. The van der Waals surface area contributed by atoms with Crippen molar-refractivity contribution in [2.75, 3.05) is 0 Å². The Hall–Kier alpha value is -2.01. The highest BCUT2D eigenvalue weighted by molar-refractivity contribution is 6.30. The predicted octanol–water partition coefficient (Wildman–Crippen LogP) is 4.98. The topological polar surface area (TPSA) is 30.7 Å². The van der Waals surface area contributed by atoms with Gasteiger partial charge in [-0.3, -0.25) is 4.98 Å². The van der Waals surface area contributed by atoms with Crippen molar-refractivity contribution in [1.82, 2.24) is 14.8 Å². The van der Waals surface area contributed by atoms with E-state index in [1.54, 1.807) is 29.2 Å². The highest BCUT2D eigenvalue weighted by Crippen LogP contribution is 2.45. The zero-order valence-electron chi connectivity index (χ0n) is 12.2. The van der Waals surface area contributed by atoms with Crippen molar-refractivity contribution in [1.29, 1.82) is 0 Å². The van der Waals surface area contributed by atoms with Crippen LogP contribution in [-0.2, 0) is 0 Å². The van der Waals surface area contributed by atoms with Gasteiger partial charge in [-0.05, 0) is 36.8 Å². The Bertz CT molecular complexity index is 858. The van der Waals surface area contributed by atoms with Crippen LogP contribution in [0.2, 0.25) is 5.02 Å². The van der Waals surface area contributed by atoms with Crippen LogP contribution in [-0.4, -0.2) is 20.7 Å². The van der Waals surface area contributed by atoms with E-state index in [2.05, 4.69) is 10.1 Å². The summed E-state index contributed by atoms with van der Waals surface area (Å²) in [5.74, 6) is -2.81. The Morgan fingerprint density at radius 1 is 1.17 bits per heavy atom. The second kappa shape index (κ2) is 5.27. The fraction of sp³-hybridized carbons (Fsp3) is 0.294. The minimum atomic E-state index is -2.59. The summed E-state index contributed by atoms with van der Waals surface area (Å²) in [5, 5.41) is 6.16. The summed E-state index contributed by atoms with van der Waals surface area (Å²) in [6.45, 7) is 0. The highest BCUT2D eigenvalue weighted by Gasteiger charge is 2.41. The Morgan fingerprint density at radius 3 is 2.65 bits per heavy atom. The lowest BCUT2D eigenvalue weighted by Crippen LogP contribution is -2.09. The lowest BCUT2D eigenvalue weighted by atomic mass is 10.0. The van der Waals surface area contributed by atoms with Crippen LogP contribution in [0.1, 0.15) is 30.9 Å². The molecular weight excluding hydrogens is 320 g/mol. The Morgan fingerprint density at radius 2 is 1.96 bits per heavy atom. The molecule has 118 valence electrons. The van der Waals surface area contributed by atoms with Crippen LogP contribution in [0.5, 0.6) is 0 Å². The maximum atomic E-state index is 13.6. The molecule has 3 aromatic rings. The Balaban J connectivity index is 1.85. The van der Waals surface area contributed by atoms with Gasteiger partial charge < -0.3 is 0 Å². The van der Waals surface area contributed by atoms with Crippen LogP contribution in [0.25, 0.3) is 16.6 Å². The minimum Gasteiger partial charge on any atom is -0.262 e. The average Bonchev–Trinajstić information content (AvgIpc) is 3.08. The number of hydrogen-bond donors (Lipinski definition) is 0. The summed E-state index contributed by atoms with van der Waals surface area (Å²) >= 11 is 5.93. The molecule has 23 heavy (non-hydrogen) atoms. The van der Waals surface area contributed by atoms with E-state index in [-0.39, 0.29) is 18.8 Å². The number of nitrogens with zero attached hydrogens (tertiary/aromatic N) is 3. The van der Waals surface area contributed by atoms with Gasteiger partial charge in [-0.25, -0.2) is 13.5 Å². The van der Waals surface area contributed by atoms with Crippen molar-refractivity contribution < 1.29 is 8.78 Å². The van der Waals surface area contributed by atoms with Crippen LogP contribution in [0.4, 0.5) is 8.78 Å². The van der Waals surface area contributed by atoms with Crippen molar-refractivity contribution in [2.45, 2.75) is 31.1 Å². The first kappa shape index (κ1) is 14.6. The molecule has 1 aliphatic carbocycles. The first-order chi connectivity index (χ1) is 11.0. The molecule has 0 saturated heterocycles. The number of pyridine rings is 1. The lowest BCUT2D eigenvalue weighted by molar-refractivity contribution is 0.00769. The van der Waals surface area contributed by atoms with E-state index in [0.29, 0.717) is 11.4 Å². The van der Waals surface area contributed by atoms with E-state index in [1.807, 2.05) is 18.2 Å². The number of fused-ring (bicyclic) bond motifs is 1. The number of benzene rings is 1. The molecule has 0 radical (unpaired) electrons. The van der Waals surface area contributed by atoms with Gasteiger partial charge in [0.25, 0.3) is 0 Å². The molecule has 1 unspecified atom stereocenters. The smallest absolute Gasteiger partial charge is 0.248 e. The van der Waals surface area contributed by atoms with Gasteiger partial charge in [0.05, 0.1) is 23.1 Å². The fourth-order valence-corrected chi connectivity index (χ4v) is 3.38. The van der Waals surface area contributed by atoms with E-state index < -0.39 is 5.92 Å². The van der Waals surface area contributed by atoms with Crippen molar-refractivity contribution in [3.05, 3.63) is 53.4 Å². The highest BCUT2D eigenvalue weighted by atomic mass is 35.5. The van der Waals surface area contributed by atoms with Gasteiger partial charge in [-0.2, -0.15) is 5.10 Å². The molecule has 1 fully saturated rings. The lowest BCUT2D eigenvalue weighted by Gasteiger charge is -2.08. The Kier molecular flexibility index (Phi) is 3.34. The van der Waals surface area contributed by atoms with Crippen LogP contribution < -0.4 is 0 Å². The largest absolute Gasteiger partial charge is 0.262 e. The predicted molar refractivity (Wildman–Crippen MR) is 85.4 cm³/mol. The number of rotatable bonds is 2. The third-order valence-corrected chi connectivity index (χ3v) is 4.63. The quantitative estimate of drug-likeness (QED) is 0.662. The third-order valence-electron chi connectivity index (χ3n) is 4.37. The van der Waals surface area contributed by atoms with Crippen LogP contribution in [0.15, 0.2) is 42.7 Å². The van der Waals surface area contributed by atoms with Crippen LogP contribution >= 0.6 is 11.6 Å². The fourth-order valence-electron chi connectivity index (χ4n) is 3.25. The van der Waals surface area contributed by atoms with Crippen LogP contribution in [0, 0.1) is 0 Å². The molecule has 0 amide bonds. The van der Waals surface area contributed by atoms with Crippen LogP contribution in [0.3, 0.4) is 0 Å². The average molecular weight is 334 g/mol. The summed E-state index contributed by atoms with van der Waals surface area (Å²) < 4.78 is 28.9. The maximum absolute atomic E-state index is 13.6. The summed E-state index contributed by atoms with van der Waals surface area (Å²) in [4.78, 5) is 4.15. The van der Waals surface area contributed by atoms with Gasteiger partial charge >= 0.3 is 0 Å². The van der Waals surface area contributed by atoms with E-state index >= 15 is 0 Å². The molecule has 1 aliphatic rings. The molecule has 1 atom stereocenters. The first-order valence-corrected chi connectivity index (χ1v) is 7.88. The summed E-state index contributed by atoms with van der Waals surface area (Å²) in [5.41, 5.74) is 2.39.